The van der Waals surface area contributed by atoms with Crippen LogP contribution in [0.3, 0.4) is 0 Å². The molecule has 2 radical (unpaired) electrons. The zero-order chi connectivity index (χ0) is 4.28. The lowest BCUT2D eigenvalue weighted by molar-refractivity contribution is 0.154. The van der Waals surface area contributed by atoms with Gasteiger partial charge in [0.15, 0.2) is 0 Å². The highest BCUT2D eigenvalue weighted by atomic mass is 19.2. The van der Waals surface area contributed by atoms with Crippen molar-refractivity contribution in [2.24, 2.45) is 0 Å². The van der Waals surface area contributed by atoms with Crippen LogP contribution in [-0.4, -0.2) is 19.6 Å². The summed E-state index contributed by atoms with van der Waals surface area (Å²) in [5.41, 5.74) is 0. The van der Waals surface area contributed by atoms with Crippen molar-refractivity contribution in [2.75, 3.05) is 6.54 Å². The van der Waals surface area contributed by atoms with E-state index in [0.717, 1.165) is 0 Å². The summed E-state index contributed by atoms with van der Waals surface area (Å²) in [5, 5.41) is 0.125. The molecule has 0 spiro atoms. The average molecular weight is 72.9 g/mol. The Kier molecular flexibility index (Phi) is 2.19. The Morgan fingerprint density at radius 1 is 2.00 bits per heavy atom. The van der Waals surface area contributed by atoms with Gasteiger partial charge in [-0.05, 0) is 0 Å². The highest BCUT2D eigenvalue weighted by Gasteiger charge is 1.78. The van der Waals surface area contributed by atoms with E-state index >= 15 is 0 Å². The zero-order valence-corrected chi connectivity index (χ0v) is 3.11. The summed E-state index contributed by atoms with van der Waals surface area (Å²) in [5.74, 6) is 0. The van der Waals surface area contributed by atoms with Crippen molar-refractivity contribution in [2.45, 2.75) is 6.92 Å². The van der Waals surface area contributed by atoms with Gasteiger partial charge in [0.2, 0.25) is 7.98 Å². The van der Waals surface area contributed by atoms with Crippen LogP contribution in [0.4, 0.5) is 4.48 Å². The van der Waals surface area contributed by atoms with E-state index in [1.54, 1.807) is 6.92 Å². The smallest absolute Gasteiger partial charge is 0.204 e. The minimum absolute atomic E-state index is 0.125. The van der Waals surface area contributed by atoms with E-state index in [-0.39, 0.29) is 11.6 Å². The minimum Gasteiger partial charge on any atom is -0.204 e. The summed E-state index contributed by atoms with van der Waals surface area (Å²) < 4.78 is 11.0. The van der Waals surface area contributed by atoms with Gasteiger partial charge in [-0.2, -0.15) is 0 Å². The molecule has 5 heavy (non-hydrogen) atoms. The van der Waals surface area contributed by atoms with Gasteiger partial charge in [-0.15, -0.1) is 4.48 Å². The monoisotopic (exact) mass is 73.0 g/mol. The molecule has 0 heterocycles. The second kappa shape index (κ2) is 2.21. The van der Waals surface area contributed by atoms with Crippen LogP contribution >= 0.6 is 0 Å². The Morgan fingerprint density at radius 2 is 2.20 bits per heavy atom. The first-order valence-electron chi connectivity index (χ1n) is 1.45. The molecule has 0 aliphatic heterocycles. The van der Waals surface area contributed by atoms with Crippen LogP contribution in [0.1, 0.15) is 6.92 Å². The maximum atomic E-state index is 11.0. The van der Waals surface area contributed by atoms with E-state index in [9.17, 15) is 4.48 Å². The summed E-state index contributed by atoms with van der Waals surface area (Å²) in [7, 11) is 4.46. The Hall–Kier alpha value is -0.0451. The highest BCUT2D eigenvalue weighted by Crippen LogP contribution is 1.72. The zero-order valence-electron chi connectivity index (χ0n) is 3.11. The maximum absolute atomic E-state index is 11.0. The summed E-state index contributed by atoms with van der Waals surface area (Å²) in [6, 6.07) is 0. The molecule has 1 nitrogen and oxygen atoms in total. The molecule has 0 amide bonds. The predicted octanol–water partition coefficient (Wildman–Crippen LogP) is 0.276. The molecule has 0 aromatic heterocycles. The van der Waals surface area contributed by atoms with E-state index in [0.29, 0.717) is 0 Å². The fourth-order valence-electron chi connectivity index (χ4n) is 0. The van der Waals surface area contributed by atoms with Crippen molar-refractivity contribution >= 4 is 7.98 Å². The molecule has 0 aliphatic carbocycles. The molecule has 0 saturated carbocycles. The SMILES string of the molecule is [B]N(F)CC. The van der Waals surface area contributed by atoms with Gasteiger partial charge in [-0.25, -0.2) is 5.03 Å². The molecule has 0 aromatic rings. The van der Waals surface area contributed by atoms with Crippen molar-refractivity contribution < 1.29 is 4.48 Å². The van der Waals surface area contributed by atoms with E-state index in [1.165, 1.54) is 0 Å². The molecule has 28 valence electrons. The number of nitrogens with zero attached hydrogens (tertiary/aromatic N) is 1. The standard InChI is InChI=1S/C2H5BFN/c1-2-5(3)4/h2H2,1H3. The van der Waals surface area contributed by atoms with E-state index in [1.807, 2.05) is 0 Å². The topological polar surface area (TPSA) is 3.24 Å². The molecular formula is C2H5BFN. The third-order valence-corrected chi connectivity index (χ3v) is 0.302. The first-order valence-corrected chi connectivity index (χ1v) is 1.45. The molecule has 0 unspecified atom stereocenters. The summed E-state index contributed by atoms with van der Waals surface area (Å²) in [6.07, 6.45) is 0. The quantitative estimate of drug-likeness (QED) is 0.318. The van der Waals surface area contributed by atoms with Gasteiger partial charge in [0, 0.05) is 6.54 Å². The number of rotatable bonds is 1. The molecule has 0 fully saturated rings. The van der Waals surface area contributed by atoms with Crippen LogP contribution in [0.15, 0.2) is 0 Å². The van der Waals surface area contributed by atoms with Crippen LogP contribution in [0.5, 0.6) is 0 Å². The molecule has 0 aromatic carbocycles. The fourth-order valence-corrected chi connectivity index (χ4v) is 0. The van der Waals surface area contributed by atoms with Gasteiger partial charge in [0.1, 0.15) is 0 Å². The Labute approximate surface area is 32.1 Å². The molecule has 0 bridgehead atoms. The van der Waals surface area contributed by atoms with Gasteiger partial charge in [0.25, 0.3) is 0 Å². The molecule has 0 saturated heterocycles. The van der Waals surface area contributed by atoms with Crippen molar-refractivity contribution in [3.8, 4) is 0 Å². The van der Waals surface area contributed by atoms with Crippen LogP contribution in [0, 0.1) is 0 Å². The van der Waals surface area contributed by atoms with Crippen molar-refractivity contribution in [1.82, 2.24) is 5.03 Å². The van der Waals surface area contributed by atoms with E-state index in [2.05, 4.69) is 7.98 Å². The number of hydrogen-bond acceptors (Lipinski definition) is 1. The minimum atomic E-state index is 0.125. The summed E-state index contributed by atoms with van der Waals surface area (Å²) in [4.78, 5) is 0. The summed E-state index contributed by atoms with van der Waals surface area (Å²) in [6.45, 7) is 1.88. The maximum Gasteiger partial charge on any atom is 0.231 e. The van der Waals surface area contributed by atoms with Gasteiger partial charge < -0.3 is 0 Å². The lowest BCUT2D eigenvalue weighted by Crippen LogP contribution is -2.05. The molecule has 0 rings (SSSR count). The third kappa shape index (κ3) is 3.95. The van der Waals surface area contributed by atoms with Gasteiger partial charge >= 0.3 is 0 Å². The van der Waals surface area contributed by atoms with E-state index in [4.69, 9.17) is 0 Å². The van der Waals surface area contributed by atoms with Crippen LogP contribution in [0.25, 0.3) is 0 Å². The highest BCUT2D eigenvalue weighted by molar-refractivity contribution is 6.03. The summed E-state index contributed by atoms with van der Waals surface area (Å²) >= 11 is 0. The molecule has 0 N–H and O–H groups in total. The second-order valence-corrected chi connectivity index (χ2v) is 0.716. The third-order valence-electron chi connectivity index (χ3n) is 0.302. The van der Waals surface area contributed by atoms with Crippen LogP contribution < -0.4 is 0 Å². The van der Waals surface area contributed by atoms with Gasteiger partial charge in [-0.3, -0.25) is 0 Å². The lowest BCUT2D eigenvalue weighted by Gasteiger charge is -1.93. The Morgan fingerprint density at radius 3 is 2.20 bits per heavy atom. The van der Waals surface area contributed by atoms with Gasteiger partial charge in [0.05, 0.1) is 0 Å². The van der Waals surface area contributed by atoms with Crippen molar-refractivity contribution in [3.05, 3.63) is 0 Å². The largest absolute Gasteiger partial charge is 0.231 e. The lowest BCUT2D eigenvalue weighted by atomic mass is 10.4. The average Bonchev–Trinajstić information content (AvgIpc) is 1.38. The molecule has 0 atom stereocenters. The fraction of sp³-hybridized carbons (Fsp3) is 1.00. The predicted molar refractivity (Wildman–Crippen MR) is 19.2 cm³/mol. The molecular weight excluding hydrogens is 67.8 g/mol. The van der Waals surface area contributed by atoms with Gasteiger partial charge in [-0.1, -0.05) is 6.92 Å². The van der Waals surface area contributed by atoms with Crippen molar-refractivity contribution in [1.29, 1.82) is 0 Å². The molecule has 0 aliphatic rings. The number of hydrogen-bond donors (Lipinski definition) is 0. The normalized spacial score (nSPS) is 9.40. The van der Waals surface area contributed by atoms with Crippen LogP contribution in [0.2, 0.25) is 0 Å². The Balaban J connectivity index is 2.54. The first kappa shape index (κ1) is 4.95. The van der Waals surface area contributed by atoms with Crippen molar-refractivity contribution in [3.63, 3.8) is 0 Å². The van der Waals surface area contributed by atoms with E-state index < -0.39 is 0 Å². The van der Waals surface area contributed by atoms with Crippen LogP contribution in [-0.2, 0) is 0 Å². The second-order valence-electron chi connectivity index (χ2n) is 0.716. The molecule has 3 heteroatoms. The number of halogens is 1. The first-order chi connectivity index (χ1) is 2.27. The Bertz CT molecular complexity index is 23.6.